The topological polar surface area (TPSA) is 58.6 Å². The second-order valence-electron chi connectivity index (χ2n) is 5.74. The van der Waals surface area contributed by atoms with Crippen LogP contribution in [0.4, 0.5) is 0 Å². The molecule has 0 bridgehead atoms. The summed E-state index contributed by atoms with van der Waals surface area (Å²) in [6.07, 6.45) is 3.91. The van der Waals surface area contributed by atoms with E-state index in [1.54, 1.807) is 0 Å². The van der Waals surface area contributed by atoms with Crippen LogP contribution in [0, 0.1) is 5.41 Å². The molecule has 1 atom stereocenters. The summed E-state index contributed by atoms with van der Waals surface area (Å²) >= 11 is 0. The van der Waals surface area contributed by atoms with E-state index < -0.39 is 0 Å². The fourth-order valence-electron chi connectivity index (χ4n) is 1.91. The first-order chi connectivity index (χ1) is 7.92. The molecule has 0 fully saturated rings. The third-order valence-electron chi connectivity index (χ3n) is 2.64. The Morgan fingerprint density at radius 3 is 2.76 bits per heavy atom. The third-order valence-corrected chi connectivity index (χ3v) is 2.64. The smallest absolute Gasteiger partial charge is 0.250 e. The van der Waals surface area contributed by atoms with Crippen molar-refractivity contribution in [2.45, 2.75) is 46.1 Å². The number of rotatable bonds is 4. The van der Waals surface area contributed by atoms with Crippen LogP contribution in [0.3, 0.4) is 0 Å². The first-order valence-electron chi connectivity index (χ1n) is 6.15. The van der Waals surface area contributed by atoms with Gasteiger partial charge in [0.1, 0.15) is 0 Å². The van der Waals surface area contributed by atoms with Crippen LogP contribution in [-0.2, 0) is 9.53 Å². The zero-order valence-electron chi connectivity index (χ0n) is 11.0. The van der Waals surface area contributed by atoms with Gasteiger partial charge in [-0.3, -0.25) is 4.79 Å². The molecule has 4 nitrogen and oxygen atoms in total. The lowest BCUT2D eigenvalue weighted by atomic mass is 9.88. The van der Waals surface area contributed by atoms with Crippen molar-refractivity contribution in [1.82, 2.24) is 5.32 Å². The quantitative estimate of drug-likeness (QED) is 0.786. The molecule has 0 aromatic rings. The molecule has 17 heavy (non-hydrogen) atoms. The summed E-state index contributed by atoms with van der Waals surface area (Å²) in [7, 11) is 0. The molecule has 0 aliphatic carbocycles. The van der Waals surface area contributed by atoms with Crippen LogP contribution >= 0.6 is 0 Å². The lowest BCUT2D eigenvalue weighted by Crippen LogP contribution is -2.41. The molecule has 1 amide bonds. The predicted molar refractivity (Wildman–Crippen MR) is 66.4 cm³/mol. The van der Waals surface area contributed by atoms with Gasteiger partial charge in [0, 0.05) is 0 Å². The molecular formula is C13H23NO3. The Bertz CT molecular complexity index is 292. The highest BCUT2D eigenvalue weighted by atomic mass is 16.5. The van der Waals surface area contributed by atoms with E-state index in [4.69, 9.17) is 4.74 Å². The SMILES string of the molecule is CC(C)(C)CC(CO)NC(=O)C1=COCCC1. The number of carbonyl (C=O) groups excluding carboxylic acids is 1. The summed E-state index contributed by atoms with van der Waals surface area (Å²) < 4.78 is 5.13. The Morgan fingerprint density at radius 1 is 1.59 bits per heavy atom. The summed E-state index contributed by atoms with van der Waals surface area (Å²) in [4.78, 5) is 11.9. The summed E-state index contributed by atoms with van der Waals surface area (Å²) in [5.74, 6) is -0.118. The highest BCUT2D eigenvalue weighted by Gasteiger charge is 2.21. The van der Waals surface area contributed by atoms with Crippen molar-refractivity contribution >= 4 is 5.91 Å². The van der Waals surface area contributed by atoms with Crippen LogP contribution in [0.25, 0.3) is 0 Å². The fourth-order valence-corrected chi connectivity index (χ4v) is 1.91. The summed E-state index contributed by atoms with van der Waals surface area (Å²) in [6.45, 7) is 6.92. The predicted octanol–water partition coefficient (Wildman–Crippen LogP) is 1.59. The zero-order valence-corrected chi connectivity index (χ0v) is 11.0. The minimum Gasteiger partial charge on any atom is -0.501 e. The van der Waals surface area contributed by atoms with Crippen molar-refractivity contribution < 1.29 is 14.6 Å². The molecule has 0 radical (unpaired) electrons. The van der Waals surface area contributed by atoms with E-state index in [9.17, 15) is 9.90 Å². The maximum absolute atomic E-state index is 11.9. The maximum atomic E-state index is 11.9. The molecular weight excluding hydrogens is 218 g/mol. The van der Waals surface area contributed by atoms with Gasteiger partial charge in [-0.25, -0.2) is 0 Å². The van der Waals surface area contributed by atoms with Crippen molar-refractivity contribution in [3.05, 3.63) is 11.8 Å². The van der Waals surface area contributed by atoms with Crippen LogP contribution in [0.5, 0.6) is 0 Å². The highest BCUT2D eigenvalue weighted by molar-refractivity contribution is 5.93. The van der Waals surface area contributed by atoms with Gasteiger partial charge in [0.05, 0.1) is 31.1 Å². The Hall–Kier alpha value is -1.03. The van der Waals surface area contributed by atoms with Gasteiger partial charge in [-0.05, 0) is 24.7 Å². The van der Waals surface area contributed by atoms with Crippen molar-refractivity contribution in [2.24, 2.45) is 5.41 Å². The molecule has 0 aromatic carbocycles. The van der Waals surface area contributed by atoms with Crippen molar-refractivity contribution in [2.75, 3.05) is 13.2 Å². The van der Waals surface area contributed by atoms with Crippen LogP contribution < -0.4 is 5.32 Å². The van der Waals surface area contributed by atoms with E-state index in [1.165, 1.54) is 6.26 Å². The molecule has 0 spiro atoms. The van der Waals surface area contributed by atoms with Crippen molar-refractivity contribution in [1.29, 1.82) is 0 Å². The minimum atomic E-state index is -0.190. The second kappa shape index (κ2) is 6.05. The number of nitrogens with one attached hydrogen (secondary N) is 1. The standard InChI is InChI=1S/C13H23NO3/c1-13(2,3)7-11(8-15)14-12(16)10-5-4-6-17-9-10/h9,11,15H,4-8H2,1-3H3,(H,14,16). The largest absolute Gasteiger partial charge is 0.501 e. The monoisotopic (exact) mass is 241 g/mol. The molecule has 0 aromatic heterocycles. The zero-order chi connectivity index (χ0) is 12.9. The molecule has 0 saturated heterocycles. The van der Waals surface area contributed by atoms with E-state index in [1.807, 2.05) is 0 Å². The van der Waals surface area contributed by atoms with Gasteiger partial charge in [-0.2, -0.15) is 0 Å². The number of aliphatic hydroxyl groups is 1. The number of amides is 1. The third kappa shape index (κ3) is 5.22. The molecule has 1 aliphatic heterocycles. The molecule has 1 rings (SSSR count). The molecule has 1 unspecified atom stereocenters. The highest BCUT2D eigenvalue weighted by Crippen LogP contribution is 2.21. The van der Waals surface area contributed by atoms with E-state index in [0.717, 1.165) is 19.3 Å². The van der Waals surface area contributed by atoms with Gasteiger partial charge in [0.2, 0.25) is 0 Å². The van der Waals surface area contributed by atoms with Crippen LogP contribution in [0.15, 0.2) is 11.8 Å². The van der Waals surface area contributed by atoms with E-state index in [2.05, 4.69) is 26.1 Å². The van der Waals surface area contributed by atoms with Crippen LogP contribution in [0.2, 0.25) is 0 Å². The Labute approximate surface area is 103 Å². The first-order valence-corrected chi connectivity index (χ1v) is 6.15. The van der Waals surface area contributed by atoms with Gasteiger partial charge in [0.25, 0.3) is 5.91 Å². The molecule has 1 heterocycles. The van der Waals surface area contributed by atoms with Gasteiger partial charge in [-0.15, -0.1) is 0 Å². The molecule has 1 aliphatic rings. The van der Waals surface area contributed by atoms with Gasteiger partial charge in [-0.1, -0.05) is 20.8 Å². The fraction of sp³-hybridized carbons (Fsp3) is 0.769. The van der Waals surface area contributed by atoms with E-state index in [-0.39, 0.29) is 24.0 Å². The van der Waals surface area contributed by atoms with Gasteiger partial charge >= 0.3 is 0 Å². The first kappa shape index (κ1) is 14.0. The van der Waals surface area contributed by atoms with Crippen LogP contribution in [0.1, 0.15) is 40.0 Å². The number of carbonyl (C=O) groups is 1. The number of ether oxygens (including phenoxy) is 1. The van der Waals surface area contributed by atoms with Crippen LogP contribution in [-0.4, -0.2) is 30.3 Å². The summed E-state index contributed by atoms with van der Waals surface area (Å²) in [5.41, 5.74) is 0.751. The van der Waals surface area contributed by atoms with E-state index in [0.29, 0.717) is 12.2 Å². The molecule has 0 saturated carbocycles. The van der Waals surface area contributed by atoms with Gasteiger partial charge in [0.15, 0.2) is 0 Å². The second-order valence-corrected chi connectivity index (χ2v) is 5.74. The lowest BCUT2D eigenvalue weighted by molar-refractivity contribution is -0.119. The number of hydrogen-bond acceptors (Lipinski definition) is 3. The van der Waals surface area contributed by atoms with Crippen molar-refractivity contribution in [3.63, 3.8) is 0 Å². The van der Waals surface area contributed by atoms with Gasteiger partial charge < -0.3 is 15.2 Å². The summed E-state index contributed by atoms with van der Waals surface area (Å²) in [5, 5.41) is 12.1. The number of aliphatic hydroxyl groups excluding tert-OH is 1. The van der Waals surface area contributed by atoms with E-state index >= 15 is 0 Å². The Kier molecular flexibility index (Phi) is 5.00. The minimum absolute atomic E-state index is 0.0306. The number of hydrogen-bond donors (Lipinski definition) is 2. The maximum Gasteiger partial charge on any atom is 0.250 e. The van der Waals surface area contributed by atoms with Crippen molar-refractivity contribution in [3.8, 4) is 0 Å². The molecule has 98 valence electrons. The normalized spacial score (nSPS) is 18.0. The lowest BCUT2D eigenvalue weighted by Gasteiger charge is -2.26. The summed E-state index contributed by atoms with van der Waals surface area (Å²) in [6, 6.07) is -0.190. The Morgan fingerprint density at radius 2 is 2.29 bits per heavy atom. The molecule has 2 N–H and O–H groups in total. The average molecular weight is 241 g/mol. The Balaban J connectivity index is 2.50. The molecule has 4 heteroatoms. The average Bonchev–Trinajstić information content (AvgIpc) is 2.27.